The Morgan fingerprint density at radius 2 is 2.31 bits per heavy atom. The van der Waals surface area contributed by atoms with E-state index in [-0.39, 0.29) is 17.9 Å². The number of alkyl carbamates (subject to hydrolysis) is 1. The minimum Gasteiger partial charge on any atom is -0.465 e. The number of hydrogen-bond acceptors (Lipinski definition) is 6. The minimum atomic E-state index is -0.411. The van der Waals surface area contributed by atoms with Gasteiger partial charge in [-0.2, -0.15) is 5.26 Å². The van der Waals surface area contributed by atoms with Crippen LogP contribution in [0.1, 0.15) is 42.0 Å². The molecular formula is C21H23N3O4S. The zero-order chi connectivity index (χ0) is 20.8. The second-order valence-corrected chi connectivity index (χ2v) is 8.27. The molecule has 1 unspecified atom stereocenters. The molecule has 1 aliphatic carbocycles. The van der Waals surface area contributed by atoms with E-state index < -0.39 is 6.09 Å². The van der Waals surface area contributed by atoms with Crippen molar-refractivity contribution in [1.82, 2.24) is 5.32 Å². The van der Waals surface area contributed by atoms with Crippen LogP contribution >= 0.6 is 11.3 Å². The number of rotatable bonds is 6. The predicted molar refractivity (Wildman–Crippen MR) is 111 cm³/mol. The Balaban J connectivity index is 1.63. The molecule has 7 nitrogen and oxygen atoms in total. The SMILES string of the molecule is CC(C)NC(=O)OCC1CCc2c(sc(NC(=O)/C=C/c3ccco3)c2C#N)C1. The number of thiophene rings is 1. The van der Waals surface area contributed by atoms with Crippen LogP contribution in [0.5, 0.6) is 0 Å². The molecule has 0 saturated heterocycles. The molecule has 1 atom stereocenters. The van der Waals surface area contributed by atoms with E-state index in [2.05, 4.69) is 16.7 Å². The maximum atomic E-state index is 12.2. The number of hydrogen-bond donors (Lipinski definition) is 2. The summed E-state index contributed by atoms with van der Waals surface area (Å²) in [5, 5.41) is 15.6. The van der Waals surface area contributed by atoms with Crippen molar-refractivity contribution >= 4 is 34.4 Å². The van der Waals surface area contributed by atoms with E-state index in [0.717, 1.165) is 29.7 Å². The van der Waals surface area contributed by atoms with Crippen molar-refractivity contribution in [2.45, 2.75) is 39.2 Å². The van der Waals surface area contributed by atoms with Gasteiger partial charge in [-0.3, -0.25) is 4.79 Å². The first kappa shape index (κ1) is 20.7. The fourth-order valence-electron chi connectivity index (χ4n) is 3.17. The molecule has 0 fully saturated rings. The van der Waals surface area contributed by atoms with Crippen LogP contribution in [-0.2, 0) is 22.4 Å². The van der Waals surface area contributed by atoms with Gasteiger partial charge in [0.25, 0.3) is 0 Å². The average Bonchev–Trinajstić information content (AvgIpc) is 3.31. The monoisotopic (exact) mass is 413 g/mol. The van der Waals surface area contributed by atoms with E-state index in [1.165, 1.54) is 23.7 Å². The van der Waals surface area contributed by atoms with Gasteiger partial charge in [-0.1, -0.05) is 0 Å². The van der Waals surface area contributed by atoms with Gasteiger partial charge in [0.15, 0.2) is 0 Å². The van der Waals surface area contributed by atoms with Gasteiger partial charge >= 0.3 is 6.09 Å². The Morgan fingerprint density at radius 1 is 1.48 bits per heavy atom. The lowest BCUT2D eigenvalue weighted by Gasteiger charge is -2.22. The summed E-state index contributed by atoms with van der Waals surface area (Å²) >= 11 is 1.42. The highest BCUT2D eigenvalue weighted by Gasteiger charge is 2.27. The summed E-state index contributed by atoms with van der Waals surface area (Å²) in [5.74, 6) is 0.463. The Morgan fingerprint density at radius 3 is 3.00 bits per heavy atom. The molecule has 2 aromatic heterocycles. The van der Waals surface area contributed by atoms with Gasteiger partial charge in [0.05, 0.1) is 18.4 Å². The molecule has 2 heterocycles. The van der Waals surface area contributed by atoms with E-state index in [4.69, 9.17) is 9.15 Å². The number of carbonyl (C=O) groups excluding carboxylic acids is 2. The molecule has 0 bridgehead atoms. The number of nitrogens with one attached hydrogen (secondary N) is 2. The normalized spacial score (nSPS) is 15.7. The number of carbonyl (C=O) groups is 2. The lowest BCUT2D eigenvalue weighted by atomic mass is 9.88. The fraction of sp³-hybridized carbons (Fsp3) is 0.381. The molecule has 0 aromatic carbocycles. The highest BCUT2D eigenvalue weighted by Crippen LogP contribution is 2.39. The highest BCUT2D eigenvalue weighted by molar-refractivity contribution is 7.16. The molecule has 1 aliphatic rings. The average molecular weight is 413 g/mol. The summed E-state index contributed by atoms with van der Waals surface area (Å²) in [6.45, 7) is 4.09. The number of fused-ring (bicyclic) bond motifs is 1. The molecule has 3 rings (SSSR count). The third kappa shape index (κ3) is 5.48. The molecule has 2 aromatic rings. The molecule has 8 heteroatoms. The second-order valence-electron chi connectivity index (χ2n) is 7.16. The molecule has 0 saturated carbocycles. The first-order chi connectivity index (χ1) is 14.0. The van der Waals surface area contributed by atoms with Crippen LogP contribution in [0.4, 0.5) is 9.80 Å². The fourth-order valence-corrected chi connectivity index (χ4v) is 4.49. The van der Waals surface area contributed by atoms with Crippen LogP contribution in [-0.4, -0.2) is 24.6 Å². The van der Waals surface area contributed by atoms with Crippen molar-refractivity contribution in [2.75, 3.05) is 11.9 Å². The highest BCUT2D eigenvalue weighted by atomic mass is 32.1. The number of anilines is 1. The van der Waals surface area contributed by atoms with E-state index in [1.54, 1.807) is 18.2 Å². The maximum absolute atomic E-state index is 12.2. The summed E-state index contributed by atoms with van der Waals surface area (Å²) in [5.41, 5.74) is 1.52. The molecule has 0 aliphatic heterocycles. The van der Waals surface area contributed by atoms with E-state index in [9.17, 15) is 14.9 Å². The topological polar surface area (TPSA) is 104 Å². The maximum Gasteiger partial charge on any atom is 0.407 e. The van der Waals surface area contributed by atoms with Crippen LogP contribution in [0, 0.1) is 17.2 Å². The van der Waals surface area contributed by atoms with Gasteiger partial charge in [0.1, 0.15) is 16.8 Å². The smallest absolute Gasteiger partial charge is 0.407 e. The van der Waals surface area contributed by atoms with Crippen molar-refractivity contribution in [1.29, 1.82) is 5.26 Å². The molecular weight excluding hydrogens is 390 g/mol. The van der Waals surface area contributed by atoms with Gasteiger partial charge in [-0.25, -0.2) is 4.79 Å². The Hall–Kier alpha value is -3.05. The molecule has 29 heavy (non-hydrogen) atoms. The van der Waals surface area contributed by atoms with Gasteiger partial charge in [-0.15, -0.1) is 11.3 Å². The first-order valence-corrected chi connectivity index (χ1v) is 10.3. The second kappa shape index (κ2) is 9.43. The van der Waals surface area contributed by atoms with E-state index >= 15 is 0 Å². The lowest BCUT2D eigenvalue weighted by Crippen LogP contribution is -2.32. The third-order valence-corrected chi connectivity index (χ3v) is 5.68. The van der Waals surface area contributed by atoms with Gasteiger partial charge in [0, 0.05) is 17.0 Å². The number of furan rings is 1. The van der Waals surface area contributed by atoms with Gasteiger partial charge in [-0.05, 0) is 62.8 Å². The number of ether oxygens (including phenoxy) is 1. The summed E-state index contributed by atoms with van der Waals surface area (Å²) in [6, 6.07) is 5.74. The van der Waals surface area contributed by atoms with Crippen LogP contribution in [0.3, 0.4) is 0 Å². The number of amides is 2. The van der Waals surface area contributed by atoms with Crippen LogP contribution in [0.15, 0.2) is 28.9 Å². The molecule has 2 amide bonds. The largest absolute Gasteiger partial charge is 0.465 e. The standard InChI is InChI=1S/C21H23N3O4S/c1-13(2)23-21(26)28-12-14-5-7-16-17(11-22)20(29-18(16)10-14)24-19(25)8-6-15-4-3-9-27-15/h3-4,6,8-9,13-14H,5,7,10,12H2,1-2H3,(H,23,26)(H,24,25)/b8-6+. The van der Waals surface area contributed by atoms with Crippen LogP contribution < -0.4 is 10.6 Å². The van der Waals surface area contributed by atoms with Gasteiger partial charge in [0.2, 0.25) is 5.91 Å². The lowest BCUT2D eigenvalue weighted by molar-refractivity contribution is -0.111. The van der Waals surface area contributed by atoms with Crippen molar-refractivity contribution < 1.29 is 18.7 Å². The number of nitrogens with zero attached hydrogens (tertiary/aromatic N) is 1. The van der Waals surface area contributed by atoms with Crippen molar-refractivity contribution in [3.63, 3.8) is 0 Å². The van der Waals surface area contributed by atoms with Crippen molar-refractivity contribution in [2.24, 2.45) is 5.92 Å². The Kier molecular flexibility index (Phi) is 6.73. The summed E-state index contributed by atoms with van der Waals surface area (Å²) in [4.78, 5) is 25.0. The quantitative estimate of drug-likeness (QED) is 0.694. The zero-order valence-electron chi connectivity index (χ0n) is 16.4. The van der Waals surface area contributed by atoms with Crippen LogP contribution in [0.2, 0.25) is 0 Å². The van der Waals surface area contributed by atoms with Crippen LogP contribution in [0.25, 0.3) is 6.08 Å². The van der Waals surface area contributed by atoms with E-state index in [0.29, 0.717) is 22.9 Å². The molecule has 0 radical (unpaired) electrons. The molecule has 0 spiro atoms. The number of nitriles is 1. The minimum absolute atomic E-state index is 0.0314. The Labute approximate surface area is 173 Å². The van der Waals surface area contributed by atoms with Crippen molar-refractivity contribution in [3.05, 3.63) is 46.2 Å². The van der Waals surface area contributed by atoms with Crippen molar-refractivity contribution in [3.8, 4) is 6.07 Å². The summed E-state index contributed by atoms with van der Waals surface area (Å²) in [6.07, 6.45) is 6.36. The molecule has 2 N–H and O–H groups in total. The Bertz CT molecular complexity index is 938. The first-order valence-electron chi connectivity index (χ1n) is 9.46. The van der Waals surface area contributed by atoms with E-state index in [1.807, 2.05) is 13.8 Å². The summed E-state index contributed by atoms with van der Waals surface area (Å²) in [7, 11) is 0. The molecule has 152 valence electrons. The van der Waals surface area contributed by atoms with Gasteiger partial charge < -0.3 is 19.8 Å². The third-order valence-electron chi connectivity index (χ3n) is 4.51. The summed E-state index contributed by atoms with van der Waals surface area (Å²) < 4.78 is 10.5. The zero-order valence-corrected chi connectivity index (χ0v) is 17.2. The predicted octanol–water partition coefficient (Wildman–Crippen LogP) is 4.10.